The van der Waals surface area contributed by atoms with Crippen LogP contribution in [0.5, 0.6) is 0 Å². The molecule has 0 saturated heterocycles. The molecular formula is C22H32N4O4. The second-order valence-corrected chi connectivity index (χ2v) is 7.77. The van der Waals surface area contributed by atoms with Crippen LogP contribution in [-0.4, -0.2) is 73.6 Å². The summed E-state index contributed by atoms with van der Waals surface area (Å²) in [5.41, 5.74) is 7.80. The normalized spacial score (nSPS) is 15.7. The summed E-state index contributed by atoms with van der Waals surface area (Å²) in [6.45, 7) is 5.41. The van der Waals surface area contributed by atoms with Crippen molar-refractivity contribution < 1.29 is 19.1 Å². The van der Waals surface area contributed by atoms with Gasteiger partial charge in [0, 0.05) is 20.1 Å². The fourth-order valence-electron chi connectivity index (χ4n) is 3.43. The summed E-state index contributed by atoms with van der Waals surface area (Å²) in [5.74, 6) is -0.557. The van der Waals surface area contributed by atoms with Gasteiger partial charge in [0.05, 0.1) is 13.7 Å². The van der Waals surface area contributed by atoms with Crippen molar-refractivity contribution in [1.29, 1.82) is 0 Å². The van der Waals surface area contributed by atoms with Crippen LogP contribution in [0.1, 0.15) is 30.9 Å². The third-order valence-electron chi connectivity index (χ3n) is 5.75. The number of likely N-dealkylation sites (N-methyl/N-ethyl adjacent to an activating group) is 1. The maximum absolute atomic E-state index is 12.5. The van der Waals surface area contributed by atoms with Crippen LogP contribution in [0, 0.1) is 6.92 Å². The van der Waals surface area contributed by atoms with E-state index in [2.05, 4.69) is 42.6 Å². The van der Waals surface area contributed by atoms with Crippen molar-refractivity contribution in [2.24, 2.45) is 5.73 Å². The molecule has 0 fully saturated rings. The Hall–Kier alpha value is -2.87. The predicted octanol–water partition coefficient (Wildman–Crippen LogP) is 1.53. The Morgan fingerprint density at radius 1 is 1.27 bits per heavy atom. The Kier molecular flexibility index (Phi) is 8.00. The zero-order valence-electron chi connectivity index (χ0n) is 18.2. The maximum atomic E-state index is 12.5. The Morgan fingerprint density at radius 3 is 2.47 bits per heavy atom. The molecule has 8 heteroatoms. The summed E-state index contributed by atoms with van der Waals surface area (Å²) in [6.07, 6.45) is 3.19. The smallest absolute Gasteiger partial charge is 0.331 e. The topological polar surface area (TPSA) is 105 Å². The van der Waals surface area contributed by atoms with Gasteiger partial charge in [-0.05, 0) is 44.4 Å². The van der Waals surface area contributed by atoms with E-state index in [1.807, 2.05) is 0 Å². The predicted molar refractivity (Wildman–Crippen MR) is 116 cm³/mol. The van der Waals surface area contributed by atoms with E-state index in [-0.39, 0.29) is 18.9 Å². The van der Waals surface area contributed by atoms with Gasteiger partial charge in [-0.15, -0.1) is 0 Å². The number of nitrogens with zero attached hydrogens (tertiary/aromatic N) is 2. The lowest BCUT2D eigenvalue weighted by Crippen LogP contribution is -2.56. The number of rotatable bonds is 8. The number of hydrogen-bond donors (Lipinski definition) is 2. The lowest BCUT2D eigenvalue weighted by Gasteiger charge is -2.35. The Morgan fingerprint density at radius 2 is 1.93 bits per heavy atom. The van der Waals surface area contributed by atoms with Gasteiger partial charge >= 0.3 is 12.0 Å². The molecule has 1 atom stereocenters. The van der Waals surface area contributed by atoms with Crippen LogP contribution in [0.15, 0.2) is 30.3 Å². The molecule has 1 aliphatic rings. The van der Waals surface area contributed by atoms with Gasteiger partial charge in [-0.2, -0.15) is 0 Å². The van der Waals surface area contributed by atoms with Gasteiger partial charge < -0.3 is 25.6 Å². The van der Waals surface area contributed by atoms with Crippen molar-refractivity contribution in [3.8, 4) is 0 Å². The quantitative estimate of drug-likeness (QED) is 0.494. The monoisotopic (exact) mass is 416 g/mol. The molecule has 1 aromatic carbocycles. The van der Waals surface area contributed by atoms with Crippen LogP contribution in [0.4, 0.5) is 4.79 Å². The van der Waals surface area contributed by atoms with Crippen LogP contribution in [0.2, 0.25) is 0 Å². The van der Waals surface area contributed by atoms with E-state index in [4.69, 9.17) is 10.5 Å². The molecule has 0 bridgehead atoms. The number of nitrogens with two attached hydrogens (primary N) is 1. The standard InChI is InChI=1S/C22H32N4O4/c1-16-5-7-17(8-6-16)18-9-13-26(14-10-18)19(27)15-24-12-11-22(2,20(28)30-4)25(3)21(23)29/h5-9,24H,10-15H2,1-4H3,(H2,23,29). The van der Waals surface area contributed by atoms with Crippen molar-refractivity contribution in [3.05, 3.63) is 41.5 Å². The molecule has 1 aliphatic heterocycles. The second-order valence-electron chi connectivity index (χ2n) is 7.77. The highest BCUT2D eigenvalue weighted by Crippen LogP contribution is 2.23. The van der Waals surface area contributed by atoms with E-state index in [1.54, 1.807) is 11.8 Å². The summed E-state index contributed by atoms with van der Waals surface area (Å²) in [6, 6.07) is 7.69. The number of hydrogen-bond acceptors (Lipinski definition) is 5. The molecular weight excluding hydrogens is 384 g/mol. The van der Waals surface area contributed by atoms with Gasteiger partial charge in [0.15, 0.2) is 0 Å². The minimum atomic E-state index is -1.20. The van der Waals surface area contributed by atoms with Gasteiger partial charge in [0.2, 0.25) is 5.91 Å². The first-order chi connectivity index (χ1) is 14.2. The number of carbonyl (C=O) groups is 3. The first-order valence-electron chi connectivity index (χ1n) is 10.0. The van der Waals surface area contributed by atoms with E-state index in [1.165, 1.54) is 30.9 Å². The molecule has 0 radical (unpaired) electrons. The fourth-order valence-corrected chi connectivity index (χ4v) is 3.43. The molecule has 3 N–H and O–H groups in total. The number of amides is 3. The lowest BCUT2D eigenvalue weighted by molar-refractivity contribution is -0.152. The van der Waals surface area contributed by atoms with Gasteiger partial charge in [-0.3, -0.25) is 4.79 Å². The lowest BCUT2D eigenvalue weighted by atomic mass is 9.96. The average molecular weight is 417 g/mol. The molecule has 1 aromatic rings. The Balaban J connectivity index is 1.84. The van der Waals surface area contributed by atoms with E-state index in [9.17, 15) is 14.4 Å². The number of esters is 1. The van der Waals surface area contributed by atoms with Crippen molar-refractivity contribution in [2.75, 3.05) is 40.3 Å². The number of ether oxygens (including phenoxy) is 1. The Bertz CT molecular complexity index is 806. The number of methoxy groups -OCH3 is 1. The van der Waals surface area contributed by atoms with Gasteiger partial charge in [0.25, 0.3) is 0 Å². The van der Waals surface area contributed by atoms with Gasteiger partial charge in [0.1, 0.15) is 5.54 Å². The minimum Gasteiger partial charge on any atom is -0.467 e. The summed E-state index contributed by atoms with van der Waals surface area (Å²) in [5, 5.41) is 3.06. The first kappa shape index (κ1) is 23.4. The van der Waals surface area contributed by atoms with Crippen LogP contribution in [0.25, 0.3) is 5.57 Å². The number of carbonyl (C=O) groups excluding carboxylic acids is 3. The molecule has 0 saturated carbocycles. The molecule has 1 unspecified atom stereocenters. The molecule has 2 rings (SSSR count). The van der Waals surface area contributed by atoms with Crippen molar-refractivity contribution >= 4 is 23.5 Å². The highest BCUT2D eigenvalue weighted by atomic mass is 16.5. The highest BCUT2D eigenvalue weighted by molar-refractivity contribution is 5.86. The number of aryl methyl sites for hydroxylation is 1. The maximum Gasteiger partial charge on any atom is 0.331 e. The average Bonchev–Trinajstić information content (AvgIpc) is 2.75. The van der Waals surface area contributed by atoms with Crippen LogP contribution >= 0.6 is 0 Å². The Labute approximate surface area is 178 Å². The number of benzene rings is 1. The fraction of sp³-hybridized carbons (Fsp3) is 0.500. The van der Waals surface area contributed by atoms with Crippen molar-refractivity contribution in [3.63, 3.8) is 0 Å². The summed E-state index contributed by atoms with van der Waals surface area (Å²) in [4.78, 5) is 39.1. The van der Waals surface area contributed by atoms with Crippen LogP contribution in [-0.2, 0) is 14.3 Å². The molecule has 0 spiro atoms. The third kappa shape index (κ3) is 5.60. The third-order valence-corrected chi connectivity index (χ3v) is 5.75. The molecule has 164 valence electrons. The zero-order valence-corrected chi connectivity index (χ0v) is 18.2. The largest absolute Gasteiger partial charge is 0.467 e. The first-order valence-corrected chi connectivity index (χ1v) is 10.0. The molecule has 1 heterocycles. The van der Waals surface area contributed by atoms with E-state index < -0.39 is 17.5 Å². The minimum absolute atomic E-state index is 0.00256. The van der Waals surface area contributed by atoms with Crippen molar-refractivity contribution in [1.82, 2.24) is 15.1 Å². The van der Waals surface area contributed by atoms with Crippen LogP contribution < -0.4 is 11.1 Å². The van der Waals surface area contributed by atoms with E-state index in [0.29, 0.717) is 19.6 Å². The van der Waals surface area contributed by atoms with E-state index >= 15 is 0 Å². The van der Waals surface area contributed by atoms with E-state index in [0.717, 1.165) is 11.3 Å². The SMILES string of the molecule is COC(=O)C(C)(CCNCC(=O)N1CC=C(c2ccc(C)cc2)CC1)N(C)C(N)=O. The number of primary amides is 1. The second kappa shape index (κ2) is 10.2. The summed E-state index contributed by atoms with van der Waals surface area (Å²) >= 11 is 0. The van der Waals surface area contributed by atoms with Crippen LogP contribution in [0.3, 0.4) is 0 Å². The highest BCUT2D eigenvalue weighted by Gasteiger charge is 2.40. The number of urea groups is 1. The molecule has 8 nitrogen and oxygen atoms in total. The number of nitrogens with one attached hydrogen (secondary N) is 1. The zero-order chi connectivity index (χ0) is 22.3. The summed E-state index contributed by atoms with van der Waals surface area (Å²) in [7, 11) is 2.72. The van der Waals surface area contributed by atoms with Gasteiger partial charge in [-0.25, -0.2) is 9.59 Å². The molecule has 30 heavy (non-hydrogen) atoms. The molecule has 3 amide bonds. The van der Waals surface area contributed by atoms with Crippen molar-refractivity contribution in [2.45, 2.75) is 32.2 Å². The molecule has 0 aromatic heterocycles. The van der Waals surface area contributed by atoms with Gasteiger partial charge in [-0.1, -0.05) is 35.9 Å². The summed E-state index contributed by atoms with van der Waals surface area (Å²) < 4.78 is 4.82. The molecule has 0 aliphatic carbocycles.